The second kappa shape index (κ2) is 6.72. The summed E-state index contributed by atoms with van der Waals surface area (Å²) in [5.74, 6) is 0. The Morgan fingerprint density at radius 3 is 1.92 bits per heavy atom. The third-order valence-electron chi connectivity index (χ3n) is 5.04. The van der Waals surface area contributed by atoms with Gasteiger partial charge in [0.1, 0.15) is 0 Å². The van der Waals surface area contributed by atoms with Gasteiger partial charge in [-0.25, -0.2) is 0 Å². The topological polar surface area (TPSA) is 6.48 Å². The molecule has 0 N–H and O–H groups in total. The lowest BCUT2D eigenvalue weighted by Crippen LogP contribution is -2.23. The van der Waals surface area contributed by atoms with Crippen molar-refractivity contribution in [3.63, 3.8) is 0 Å². The number of hydrogen-bond acceptors (Lipinski definition) is 2. The zero-order valence-corrected chi connectivity index (χ0v) is 15.6. The van der Waals surface area contributed by atoms with Gasteiger partial charge in [0.15, 0.2) is 0 Å². The van der Waals surface area contributed by atoms with Crippen molar-refractivity contribution in [2.75, 3.05) is 18.6 Å². The molecule has 0 unspecified atom stereocenters. The molecular formula is C24H24N2. The van der Waals surface area contributed by atoms with E-state index in [4.69, 9.17) is 0 Å². The van der Waals surface area contributed by atoms with Gasteiger partial charge in [-0.1, -0.05) is 60.7 Å². The van der Waals surface area contributed by atoms with Gasteiger partial charge < -0.3 is 9.80 Å². The van der Waals surface area contributed by atoms with Gasteiger partial charge in [0.05, 0.1) is 12.4 Å². The first-order chi connectivity index (χ1) is 12.6. The molecule has 0 radical (unpaired) electrons. The molecule has 0 atom stereocenters. The predicted octanol–water partition coefficient (Wildman–Crippen LogP) is 5.68. The highest BCUT2D eigenvalue weighted by atomic mass is 15.3. The van der Waals surface area contributed by atoms with Crippen LogP contribution < -0.4 is 4.90 Å². The van der Waals surface area contributed by atoms with Crippen LogP contribution in [-0.4, -0.2) is 18.6 Å². The summed E-state index contributed by atoms with van der Waals surface area (Å²) in [6.45, 7) is 5.31. The van der Waals surface area contributed by atoms with Gasteiger partial charge in [0.25, 0.3) is 0 Å². The minimum Gasteiger partial charge on any atom is -0.355 e. The fourth-order valence-corrected chi connectivity index (χ4v) is 3.79. The van der Waals surface area contributed by atoms with Gasteiger partial charge in [0, 0.05) is 24.5 Å². The van der Waals surface area contributed by atoms with Gasteiger partial charge in [-0.05, 0) is 48.2 Å². The number of anilines is 1. The smallest absolute Gasteiger partial charge is 0.0944 e. The number of aryl methyl sites for hydroxylation is 2. The first-order valence-corrected chi connectivity index (χ1v) is 9.05. The molecule has 2 nitrogen and oxygen atoms in total. The first kappa shape index (κ1) is 16.5. The lowest BCUT2D eigenvalue weighted by molar-refractivity contribution is 0.516. The van der Waals surface area contributed by atoms with Crippen LogP contribution in [0.3, 0.4) is 0 Å². The molecule has 0 aliphatic carbocycles. The monoisotopic (exact) mass is 340 g/mol. The maximum Gasteiger partial charge on any atom is 0.0944 e. The molecular weight excluding hydrogens is 316 g/mol. The molecule has 0 fully saturated rings. The zero-order chi connectivity index (χ0) is 18.1. The molecule has 0 amide bonds. The molecule has 0 aromatic heterocycles. The second-order valence-electron chi connectivity index (χ2n) is 7.01. The third-order valence-corrected chi connectivity index (χ3v) is 5.04. The zero-order valence-electron chi connectivity index (χ0n) is 15.6. The molecule has 0 spiro atoms. The number of benzene rings is 3. The van der Waals surface area contributed by atoms with Gasteiger partial charge >= 0.3 is 0 Å². The summed E-state index contributed by atoms with van der Waals surface area (Å²) in [5, 5.41) is 0. The van der Waals surface area contributed by atoms with E-state index in [1.165, 1.54) is 39.2 Å². The average molecular weight is 340 g/mol. The first-order valence-electron chi connectivity index (χ1n) is 9.05. The van der Waals surface area contributed by atoms with Crippen molar-refractivity contribution >= 4 is 11.4 Å². The van der Waals surface area contributed by atoms with Crippen LogP contribution in [0.15, 0.2) is 79.0 Å². The molecule has 0 saturated heterocycles. The van der Waals surface area contributed by atoms with Gasteiger partial charge in [-0.15, -0.1) is 0 Å². The van der Waals surface area contributed by atoms with Crippen LogP contribution in [0.2, 0.25) is 0 Å². The Morgan fingerprint density at radius 1 is 0.731 bits per heavy atom. The van der Waals surface area contributed by atoms with Crippen molar-refractivity contribution in [3.8, 4) is 11.1 Å². The van der Waals surface area contributed by atoms with E-state index in [1.807, 2.05) is 0 Å². The molecule has 3 aromatic carbocycles. The minimum atomic E-state index is 0.874. The predicted molar refractivity (Wildman–Crippen MR) is 111 cm³/mol. The van der Waals surface area contributed by atoms with E-state index >= 15 is 0 Å². The van der Waals surface area contributed by atoms with Crippen LogP contribution in [-0.2, 0) is 0 Å². The normalized spacial score (nSPS) is 13.9. The Hall–Kier alpha value is -3.00. The fourth-order valence-electron chi connectivity index (χ4n) is 3.79. The average Bonchev–Trinajstić information content (AvgIpc) is 3.04. The van der Waals surface area contributed by atoms with Crippen molar-refractivity contribution in [3.05, 3.63) is 95.7 Å². The van der Waals surface area contributed by atoms with Crippen molar-refractivity contribution in [1.82, 2.24) is 4.90 Å². The van der Waals surface area contributed by atoms with E-state index in [2.05, 4.69) is 110 Å². The molecule has 130 valence electrons. The third kappa shape index (κ3) is 2.99. The Balaban J connectivity index is 1.74. The standard InChI is InChI=1S/C24H24N2/c1-18-14-21(20-10-6-4-7-11-20)15-19(2)24(18)23-16-26(17-25(23)3)22-12-8-5-9-13-22/h4-16H,17H2,1-3H3. The molecule has 4 rings (SSSR count). The fraction of sp³-hybridized carbons (Fsp3) is 0.167. The van der Waals surface area contributed by atoms with Crippen molar-refractivity contribution in [1.29, 1.82) is 0 Å². The minimum absolute atomic E-state index is 0.874. The maximum atomic E-state index is 2.32. The highest BCUT2D eigenvalue weighted by Crippen LogP contribution is 2.34. The summed E-state index contributed by atoms with van der Waals surface area (Å²) in [7, 11) is 2.17. The van der Waals surface area contributed by atoms with Crippen LogP contribution in [0.4, 0.5) is 5.69 Å². The van der Waals surface area contributed by atoms with Crippen molar-refractivity contribution < 1.29 is 0 Å². The van der Waals surface area contributed by atoms with E-state index in [0.29, 0.717) is 0 Å². The van der Waals surface area contributed by atoms with Crippen LogP contribution >= 0.6 is 0 Å². The van der Waals surface area contributed by atoms with E-state index in [-0.39, 0.29) is 0 Å². The van der Waals surface area contributed by atoms with Crippen LogP contribution in [0.25, 0.3) is 16.8 Å². The van der Waals surface area contributed by atoms with E-state index < -0.39 is 0 Å². The summed E-state index contributed by atoms with van der Waals surface area (Å²) in [6, 6.07) is 25.8. The Kier molecular flexibility index (Phi) is 4.26. The van der Waals surface area contributed by atoms with Crippen LogP contribution in [0.5, 0.6) is 0 Å². The van der Waals surface area contributed by atoms with Gasteiger partial charge in [-0.3, -0.25) is 0 Å². The highest BCUT2D eigenvalue weighted by Gasteiger charge is 2.22. The summed E-state index contributed by atoms with van der Waals surface area (Å²) >= 11 is 0. The van der Waals surface area contributed by atoms with E-state index in [9.17, 15) is 0 Å². The number of hydrogen-bond donors (Lipinski definition) is 0. The van der Waals surface area contributed by atoms with E-state index in [1.54, 1.807) is 0 Å². The number of para-hydroxylation sites is 1. The highest BCUT2D eigenvalue weighted by molar-refractivity contribution is 5.78. The molecule has 0 saturated carbocycles. The molecule has 0 bridgehead atoms. The SMILES string of the molecule is Cc1cc(-c2ccccc2)cc(C)c1C1=CN(c2ccccc2)CN1C. The second-order valence-corrected chi connectivity index (χ2v) is 7.01. The quantitative estimate of drug-likeness (QED) is 0.605. The van der Waals surface area contributed by atoms with E-state index in [0.717, 1.165) is 6.67 Å². The van der Waals surface area contributed by atoms with Gasteiger partial charge in [-0.2, -0.15) is 0 Å². The summed E-state index contributed by atoms with van der Waals surface area (Å²) in [5.41, 5.74) is 9.03. The molecule has 1 heterocycles. The number of nitrogens with zero attached hydrogens (tertiary/aromatic N) is 2. The Labute approximate surface area is 156 Å². The molecule has 1 aliphatic rings. The van der Waals surface area contributed by atoms with Crippen molar-refractivity contribution in [2.45, 2.75) is 13.8 Å². The summed E-state index contributed by atoms with van der Waals surface area (Å²) in [4.78, 5) is 4.63. The molecule has 26 heavy (non-hydrogen) atoms. The van der Waals surface area contributed by atoms with Gasteiger partial charge in [0.2, 0.25) is 0 Å². The Bertz CT molecular complexity index is 919. The largest absolute Gasteiger partial charge is 0.355 e. The van der Waals surface area contributed by atoms with Crippen molar-refractivity contribution in [2.24, 2.45) is 0 Å². The molecule has 3 aromatic rings. The number of rotatable bonds is 3. The summed E-state index contributed by atoms with van der Waals surface area (Å²) in [6.07, 6.45) is 2.27. The van der Waals surface area contributed by atoms with Crippen LogP contribution in [0, 0.1) is 13.8 Å². The summed E-state index contributed by atoms with van der Waals surface area (Å²) < 4.78 is 0. The van der Waals surface area contributed by atoms with Crippen LogP contribution in [0.1, 0.15) is 16.7 Å². The molecule has 2 heteroatoms. The lowest BCUT2D eigenvalue weighted by Gasteiger charge is -2.21. The lowest BCUT2D eigenvalue weighted by atomic mass is 9.94. The molecule has 1 aliphatic heterocycles. The Morgan fingerprint density at radius 2 is 1.31 bits per heavy atom. The maximum absolute atomic E-state index is 2.32.